The molecule has 0 spiro atoms. The molecule has 2 aromatic heterocycles. The van der Waals surface area contributed by atoms with Crippen molar-refractivity contribution in [3.63, 3.8) is 0 Å². The van der Waals surface area contributed by atoms with Crippen LogP contribution in [0.3, 0.4) is 0 Å². The maximum atomic E-state index is 17.1. The van der Waals surface area contributed by atoms with Crippen LogP contribution in [0.4, 0.5) is 10.2 Å². The van der Waals surface area contributed by atoms with Crippen molar-refractivity contribution in [2.45, 2.75) is 97.6 Å². The lowest BCUT2D eigenvalue weighted by atomic mass is 9.85. The van der Waals surface area contributed by atoms with Gasteiger partial charge in [0.2, 0.25) is 23.6 Å². The Morgan fingerprint density at radius 3 is 2.24 bits per heavy atom. The Morgan fingerprint density at radius 1 is 0.860 bits per heavy atom. The summed E-state index contributed by atoms with van der Waals surface area (Å²) >= 11 is 8.52. The lowest BCUT2D eigenvalue weighted by Gasteiger charge is -2.35. The van der Waals surface area contributed by atoms with Crippen molar-refractivity contribution < 1.29 is 52.4 Å². The van der Waals surface area contributed by atoms with Crippen LogP contribution in [-0.2, 0) is 38.1 Å². The molecule has 3 saturated heterocycles. The summed E-state index contributed by atoms with van der Waals surface area (Å²) in [4.78, 5) is 75.8. The zero-order valence-electron chi connectivity index (χ0n) is 50.0. The van der Waals surface area contributed by atoms with Crippen molar-refractivity contribution in [3.8, 4) is 33.3 Å². The van der Waals surface area contributed by atoms with E-state index in [1.165, 1.54) is 12.1 Å². The van der Waals surface area contributed by atoms with E-state index in [-0.39, 0.29) is 83.7 Å². The van der Waals surface area contributed by atoms with Crippen LogP contribution in [0, 0.1) is 18.2 Å². The third-order valence-corrected chi connectivity index (χ3v) is 17.2. The van der Waals surface area contributed by atoms with Crippen molar-refractivity contribution in [1.82, 2.24) is 40.3 Å². The first-order chi connectivity index (χ1) is 41.4. The number of hydrogen-bond acceptors (Lipinski definition) is 16. The number of ether oxygens (including phenoxy) is 5. The highest BCUT2D eigenvalue weighted by Gasteiger charge is 2.42. The van der Waals surface area contributed by atoms with Gasteiger partial charge in [-0.3, -0.25) is 24.1 Å². The summed E-state index contributed by atoms with van der Waals surface area (Å²) in [7, 11) is 0. The smallest absolute Gasteiger partial charge is 0.319 e. The number of nitrogens with one attached hydrogen (secondary N) is 2. The molecule has 5 heterocycles. The van der Waals surface area contributed by atoms with E-state index in [0.717, 1.165) is 53.0 Å². The van der Waals surface area contributed by atoms with Gasteiger partial charge in [0.05, 0.1) is 72.9 Å². The number of hydrogen-bond donors (Lipinski definition) is 3. The third kappa shape index (κ3) is 15.8. The number of likely N-dealkylation sites (tertiary alicyclic amines) is 2. The largest absolute Gasteiger partial charge is 0.508 e. The zero-order valence-corrected chi connectivity index (χ0v) is 51.5. The molecule has 460 valence electrons. The van der Waals surface area contributed by atoms with Crippen LogP contribution < -0.4 is 20.3 Å². The number of aromatic hydroxyl groups is 1. The van der Waals surface area contributed by atoms with E-state index in [9.17, 15) is 24.3 Å². The number of carbonyl (C=O) groups is 4. The molecule has 22 heteroatoms. The second kappa shape index (κ2) is 29.2. The van der Waals surface area contributed by atoms with Gasteiger partial charge in [-0.1, -0.05) is 87.5 Å². The summed E-state index contributed by atoms with van der Waals surface area (Å²) in [6.45, 7) is 21.1. The van der Waals surface area contributed by atoms with Gasteiger partial charge in [0.15, 0.2) is 5.82 Å². The first kappa shape index (κ1) is 63.6. The Balaban J connectivity index is 0.665. The van der Waals surface area contributed by atoms with Crippen LogP contribution in [0.15, 0.2) is 84.9 Å². The summed E-state index contributed by atoms with van der Waals surface area (Å²) in [5.74, 6) is -1.36. The number of piperidine rings is 1. The summed E-state index contributed by atoms with van der Waals surface area (Å²) in [5.41, 5.74) is 4.76. The first-order valence-corrected chi connectivity index (χ1v) is 30.8. The van der Waals surface area contributed by atoms with E-state index < -0.39 is 29.2 Å². The molecule has 0 unspecified atom stereocenters. The quantitative estimate of drug-likeness (QED) is 0.0361. The van der Waals surface area contributed by atoms with Crippen LogP contribution in [-0.4, -0.2) is 181 Å². The second-order valence-electron chi connectivity index (χ2n) is 23.3. The molecular weight excluding hydrogens is 1140 g/mol. The first-order valence-electron chi connectivity index (χ1n) is 29.6. The highest BCUT2D eigenvalue weighted by Crippen LogP contribution is 2.43. The van der Waals surface area contributed by atoms with E-state index in [0.29, 0.717) is 101 Å². The fourth-order valence-electron chi connectivity index (χ4n) is 11.4. The van der Waals surface area contributed by atoms with Crippen LogP contribution in [0.2, 0.25) is 5.02 Å². The van der Waals surface area contributed by atoms with Gasteiger partial charge in [0, 0.05) is 63.3 Å². The molecule has 3 aliphatic rings. The minimum Gasteiger partial charge on any atom is -0.508 e. The van der Waals surface area contributed by atoms with Gasteiger partial charge >= 0.3 is 6.01 Å². The van der Waals surface area contributed by atoms with Gasteiger partial charge < -0.3 is 54.1 Å². The van der Waals surface area contributed by atoms with E-state index in [1.54, 1.807) is 33.3 Å². The van der Waals surface area contributed by atoms with Gasteiger partial charge in [-0.05, 0) is 104 Å². The molecule has 0 bridgehead atoms. The van der Waals surface area contributed by atoms with E-state index >= 15 is 4.39 Å². The topological polar surface area (TPSA) is 210 Å². The SMILES string of the molecule is C=CC(=O)N1CCN(c2nc(O[C@H](C)CN3CCC(OCCOCCOCCOCC(=O)N[C@H](C(=O)N4CCC[C@H]4C(=O)N[C@@H](C)c4ccc(-c5scnc5C)cc4)C(C)(C)C)CC3)nc3c(F)c(-c4cc(O)cc5ccccc45)c(Cl)cc23)CC1. The molecule has 3 aliphatic heterocycles. The Morgan fingerprint density at radius 2 is 1.56 bits per heavy atom. The van der Waals surface area contributed by atoms with E-state index in [2.05, 4.69) is 32.1 Å². The number of anilines is 1. The molecule has 0 radical (unpaired) electrons. The van der Waals surface area contributed by atoms with Crippen molar-refractivity contribution in [3.05, 3.63) is 107 Å². The standard InChI is InChI=1S/C64H79ClFN9O10S/c1-8-54(78)73-24-26-74(27-25-73)60-50-36-51(65)55(49-35-46(76)34-45-12-9-10-13-48(45)49)56(66)57(50)70-63(71-60)85-40(2)37-72-22-19-47(20-23-72)84-33-32-82-29-28-81-30-31-83-38-53(77)69-59(64(5,6)7)62(80)75-21-11-14-52(75)61(79)68-41(3)43-15-17-44(18-16-43)58-42(4)67-39-86-58/h8-10,12-13,15-18,34-36,39-41,47,52,59,76H,1,11,14,19-33,37-38H2,2-7H3,(H,68,79)(H,69,77)/t40-,41+,52+,59-/m1/s1. The second-order valence-corrected chi connectivity index (χ2v) is 24.5. The maximum absolute atomic E-state index is 17.1. The summed E-state index contributed by atoms with van der Waals surface area (Å²) in [6.07, 6.45) is 3.86. The van der Waals surface area contributed by atoms with Crippen LogP contribution in [0.5, 0.6) is 11.8 Å². The molecule has 86 heavy (non-hydrogen) atoms. The number of rotatable bonds is 25. The normalized spacial score (nSPS) is 17.2. The Hall–Kier alpha value is -6.85. The number of amides is 4. The molecule has 3 N–H and O–H groups in total. The molecule has 4 aromatic carbocycles. The Labute approximate surface area is 511 Å². The number of piperazine rings is 1. The van der Waals surface area contributed by atoms with Crippen LogP contribution in [0.1, 0.15) is 77.6 Å². The third-order valence-electron chi connectivity index (χ3n) is 16.0. The van der Waals surface area contributed by atoms with E-state index in [4.69, 9.17) is 40.3 Å². The van der Waals surface area contributed by atoms with Gasteiger partial charge in [-0.2, -0.15) is 9.97 Å². The molecule has 9 rings (SSSR count). The number of nitrogens with zero attached hydrogens (tertiary/aromatic N) is 7. The number of carbonyl (C=O) groups excluding carboxylic acids is 4. The average molecular weight is 1220 g/mol. The molecule has 0 saturated carbocycles. The van der Waals surface area contributed by atoms with Crippen LogP contribution in [0.25, 0.3) is 43.2 Å². The lowest BCUT2D eigenvalue weighted by molar-refractivity contribution is -0.144. The summed E-state index contributed by atoms with van der Waals surface area (Å²) in [5, 5.41) is 18.6. The van der Waals surface area contributed by atoms with Crippen LogP contribution >= 0.6 is 22.9 Å². The number of thiazole rings is 1. The lowest BCUT2D eigenvalue weighted by Crippen LogP contribution is -2.58. The molecule has 4 amide bonds. The molecule has 3 fully saturated rings. The number of phenolic OH excluding ortho intramolecular Hbond substituents is 1. The van der Waals surface area contributed by atoms with Crippen molar-refractivity contribution in [2.75, 3.05) is 104 Å². The van der Waals surface area contributed by atoms with Crippen molar-refractivity contribution in [1.29, 1.82) is 0 Å². The number of aryl methyl sites for hydroxylation is 1. The van der Waals surface area contributed by atoms with Gasteiger partial charge in [-0.25, -0.2) is 9.37 Å². The number of aromatic nitrogens is 3. The molecule has 4 atom stereocenters. The molecule has 19 nitrogen and oxygen atoms in total. The Bertz CT molecular complexity index is 3350. The van der Waals surface area contributed by atoms with Crippen molar-refractivity contribution >= 4 is 74.1 Å². The fraction of sp³-hybridized carbons (Fsp3) is 0.484. The van der Waals surface area contributed by atoms with E-state index in [1.807, 2.05) is 100 Å². The monoisotopic (exact) mass is 1220 g/mol. The number of benzene rings is 4. The predicted molar refractivity (Wildman–Crippen MR) is 331 cm³/mol. The number of phenols is 1. The predicted octanol–water partition coefficient (Wildman–Crippen LogP) is 8.91. The zero-order chi connectivity index (χ0) is 61.1. The minimum atomic E-state index is -0.869. The molecule has 0 aliphatic carbocycles. The maximum Gasteiger partial charge on any atom is 0.319 e. The highest BCUT2D eigenvalue weighted by molar-refractivity contribution is 7.13. The average Bonchev–Trinajstić information content (AvgIpc) is 1.19. The number of halogens is 2. The minimum absolute atomic E-state index is 0.0131. The Kier molecular flexibility index (Phi) is 21.6. The van der Waals surface area contributed by atoms with Crippen molar-refractivity contribution in [2.24, 2.45) is 5.41 Å². The highest BCUT2D eigenvalue weighted by atomic mass is 35.5. The number of fused-ring (bicyclic) bond motifs is 2. The fourth-order valence-corrected chi connectivity index (χ4v) is 12.5. The summed E-state index contributed by atoms with van der Waals surface area (Å²) in [6, 6.07) is 18.5. The molecule has 6 aromatic rings. The van der Waals surface area contributed by atoms with Gasteiger partial charge in [0.25, 0.3) is 0 Å². The van der Waals surface area contributed by atoms with Gasteiger partial charge in [0.1, 0.15) is 41.9 Å². The molecular formula is C64H79ClFN9O10S. The van der Waals surface area contributed by atoms with Gasteiger partial charge in [-0.15, -0.1) is 11.3 Å². The summed E-state index contributed by atoms with van der Waals surface area (Å²) < 4.78 is 46.7.